The molecule has 15 heavy (non-hydrogen) atoms. The lowest BCUT2D eigenvalue weighted by Gasteiger charge is -2.14. The molecule has 0 bridgehead atoms. The molecule has 0 amide bonds. The van der Waals surface area contributed by atoms with Crippen LogP contribution in [0.5, 0.6) is 0 Å². The van der Waals surface area contributed by atoms with E-state index in [0.717, 1.165) is 6.26 Å². The highest BCUT2D eigenvalue weighted by atomic mass is 32.2. The minimum atomic E-state index is -3.55. The maximum Gasteiger partial charge on any atom is 0.212 e. The number of rotatable bonds is 7. The third kappa shape index (κ3) is 7.71. The molecule has 1 atom stereocenters. The Bertz CT molecular complexity index is 370. The van der Waals surface area contributed by atoms with Crippen molar-refractivity contribution < 1.29 is 16.8 Å². The minimum Gasteiger partial charge on any atom is -0.329 e. The van der Waals surface area contributed by atoms with Crippen molar-refractivity contribution in [2.45, 2.75) is 19.4 Å². The van der Waals surface area contributed by atoms with E-state index in [2.05, 4.69) is 4.72 Å². The Kier molecular flexibility index (Phi) is 5.71. The van der Waals surface area contributed by atoms with Crippen LogP contribution in [0.2, 0.25) is 0 Å². The van der Waals surface area contributed by atoms with Crippen LogP contribution in [-0.4, -0.2) is 47.2 Å². The zero-order valence-corrected chi connectivity index (χ0v) is 10.6. The van der Waals surface area contributed by atoms with Gasteiger partial charge in [-0.1, -0.05) is 6.92 Å². The van der Waals surface area contributed by atoms with Crippen molar-refractivity contribution in [3.8, 4) is 0 Å². The molecule has 0 aliphatic carbocycles. The van der Waals surface area contributed by atoms with Crippen molar-refractivity contribution >= 4 is 19.9 Å². The smallest absolute Gasteiger partial charge is 0.212 e. The SMILES string of the molecule is CCC(CN)NS(=O)(=O)CCS(C)(=O)=O. The topological polar surface area (TPSA) is 106 Å². The van der Waals surface area contributed by atoms with Gasteiger partial charge in [0.1, 0.15) is 9.84 Å². The molecular weight excluding hydrogens is 240 g/mol. The van der Waals surface area contributed by atoms with Gasteiger partial charge >= 0.3 is 0 Å². The van der Waals surface area contributed by atoms with Gasteiger partial charge in [-0.2, -0.15) is 0 Å². The molecule has 0 aliphatic heterocycles. The maximum absolute atomic E-state index is 11.4. The van der Waals surface area contributed by atoms with Gasteiger partial charge in [0, 0.05) is 18.8 Å². The van der Waals surface area contributed by atoms with E-state index in [-0.39, 0.29) is 18.3 Å². The first-order valence-corrected chi connectivity index (χ1v) is 8.29. The van der Waals surface area contributed by atoms with E-state index in [1.165, 1.54) is 0 Å². The zero-order valence-electron chi connectivity index (χ0n) is 8.93. The van der Waals surface area contributed by atoms with Crippen LogP contribution < -0.4 is 10.5 Å². The third-order valence-electron chi connectivity index (χ3n) is 1.85. The van der Waals surface area contributed by atoms with Gasteiger partial charge in [0.2, 0.25) is 10.0 Å². The number of nitrogens with one attached hydrogen (secondary N) is 1. The normalized spacial score (nSPS) is 15.1. The molecule has 6 nitrogen and oxygen atoms in total. The summed E-state index contributed by atoms with van der Waals surface area (Å²) in [7, 11) is -6.80. The molecule has 0 rings (SSSR count). The second kappa shape index (κ2) is 5.78. The van der Waals surface area contributed by atoms with E-state index in [0.29, 0.717) is 6.42 Å². The van der Waals surface area contributed by atoms with Crippen LogP contribution in [0, 0.1) is 0 Å². The zero-order chi connectivity index (χ0) is 12.1. The molecule has 0 aromatic carbocycles. The fourth-order valence-electron chi connectivity index (χ4n) is 0.872. The number of hydrogen-bond donors (Lipinski definition) is 2. The molecule has 0 aliphatic rings. The van der Waals surface area contributed by atoms with E-state index in [9.17, 15) is 16.8 Å². The molecule has 0 saturated heterocycles. The van der Waals surface area contributed by atoms with Gasteiger partial charge in [-0.25, -0.2) is 21.6 Å². The number of sulfonamides is 1. The second-order valence-electron chi connectivity index (χ2n) is 3.41. The van der Waals surface area contributed by atoms with Crippen molar-refractivity contribution in [1.29, 1.82) is 0 Å². The van der Waals surface area contributed by atoms with Gasteiger partial charge in [0.25, 0.3) is 0 Å². The van der Waals surface area contributed by atoms with Crippen molar-refractivity contribution in [3.05, 3.63) is 0 Å². The van der Waals surface area contributed by atoms with E-state index in [1.54, 1.807) is 6.92 Å². The Morgan fingerprint density at radius 1 is 1.20 bits per heavy atom. The monoisotopic (exact) mass is 258 g/mol. The van der Waals surface area contributed by atoms with Crippen molar-refractivity contribution in [1.82, 2.24) is 4.72 Å². The lowest BCUT2D eigenvalue weighted by Crippen LogP contribution is -2.41. The molecule has 8 heteroatoms. The molecule has 0 aromatic rings. The fraction of sp³-hybridized carbons (Fsp3) is 1.00. The van der Waals surface area contributed by atoms with Gasteiger partial charge in [-0.3, -0.25) is 0 Å². The van der Waals surface area contributed by atoms with Crippen LogP contribution in [0.25, 0.3) is 0 Å². The first kappa shape index (κ1) is 14.8. The minimum absolute atomic E-state index is 0.203. The lowest BCUT2D eigenvalue weighted by molar-refractivity contribution is 0.542. The molecule has 0 heterocycles. The van der Waals surface area contributed by atoms with Crippen LogP contribution in [0.3, 0.4) is 0 Å². The van der Waals surface area contributed by atoms with Crippen LogP contribution in [-0.2, 0) is 19.9 Å². The molecule has 3 N–H and O–H groups in total. The van der Waals surface area contributed by atoms with E-state index < -0.39 is 25.6 Å². The summed E-state index contributed by atoms with van der Waals surface area (Å²) in [6.45, 7) is 2.01. The van der Waals surface area contributed by atoms with Gasteiger partial charge in [-0.05, 0) is 6.42 Å². The summed E-state index contributed by atoms with van der Waals surface area (Å²) in [6.07, 6.45) is 1.58. The van der Waals surface area contributed by atoms with Crippen molar-refractivity contribution in [3.63, 3.8) is 0 Å². The summed E-state index contributed by atoms with van der Waals surface area (Å²) >= 11 is 0. The summed E-state index contributed by atoms with van der Waals surface area (Å²) in [6, 6.07) is -0.324. The maximum atomic E-state index is 11.4. The molecule has 0 spiro atoms. The average molecular weight is 258 g/mol. The number of hydrogen-bond acceptors (Lipinski definition) is 5. The highest BCUT2D eigenvalue weighted by Crippen LogP contribution is 1.95. The van der Waals surface area contributed by atoms with Gasteiger partial charge in [-0.15, -0.1) is 0 Å². The van der Waals surface area contributed by atoms with Gasteiger partial charge in [0.05, 0.1) is 11.5 Å². The largest absolute Gasteiger partial charge is 0.329 e. The molecule has 0 fully saturated rings. The molecule has 0 saturated carbocycles. The van der Waals surface area contributed by atoms with Crippen LogP contribution >= 0.6 is 0 Å². The second-order valence-corrected chi connectivity index (χ2v) is 7.54. The quantitative estimate of drug-likeness (QED) is 0.589. The van der Waals surface area contributed by atoms with E-state index in [4.69, 9.17) is 5.73 Å². The van der Waals surface area contributed by atoms with E-state index >= 15 is 0 Å². The Balaban J connectivity index is 4.32. The van der Waals surface area contributed by atoms with Crippen LogP contribution in [0.15, 0.2) is 0 Å². The van der Waals surface area contributed by atoms with Gasteiger partial charge in [0.15, 0.2) is 0 Å². The standard InChI is InChI=1S/C7H18N2O4S2/c1-3-7(6-8)9-15(12,13)5-4-14(2,10)11/h7,9H,3-6,8H2,1-2H3. The predicted molar refractivity (Wildman–Crippen MR) is 59.8 cm³/mol. The van der Waals surface area contributed by atoms with E-state index in [1.807, 2.05) is 0 Å². The summed E-state index contributed by atoms with van der Waals surface area (Å²) in [5.41, 5.74) is 5.33. The lowest BCUT2D eigenvalue weighted by atomic mass is 10.2. The first-order chi connectivity index (χ1) is 6.70. The Morgan fingerprint density at radius 2 is 1.73 bits per heavy atom. The van der Waals surface area contributed by atoms with Gasteiger partial charge < -0.3 is 5.73 Å². The van der Waals surface area contributed by atoms with Crippen molar-refractivity contribution in [2.75, 3.05) is 24.3 Å². The fourth-order valence-corrected chi connectivity index (χ4v) is 3.85. The Hall–Kier alpha value is -0.180. The average Bonchev–Trinajstić information content (AvgIpc) is 2.10. The molecule has 1 unspecified atom stereocenters. The molecular formula is C7H18N2O4S2. The summed E-state index contributed by atoms with van der Waals surface area (Å²) in [5, 5.41) is 0. The molecule has 92 valence electrons. The summed E-state index contributed by atoms with van der Waals surface area (Å²) in [5.74, 6) is -0.786. The van der Waals surface area contributed by atoms with Crippen molar-refractivity contribution in [2.24, 2.45) is 5.73 Å². The third-order valence-corrected chi connectivity index (χ3v) is 4.48. The number of nitrogens with two attached hydrogens (primary N) is 1. The highest BCUT2D eigenvalue weighted by molar-refractivity contribution is 7.93. The first-order valence-electron chi connectivity index (χ1n) is 4.58. The molecule has 0 radical (unpaired) electrons. The summed E-state index contributed by atoms with van der Waals surface area (Å²) in [4.78, 5) is 0. The molecule has 0 aromatic heterocycles. The predicted octanol–water partition coefficient (Wildman–Crippen LogP) is -1.31. The summed E-state index contributed by atoms with van der Waals surface area (Å²) < 4.78 is 46.7. The Labute approximate surface area is 91.2 Å². The highest BCUT2D eigenvalue weighted by Gasteiger charge is 2.17. The van der Waals surface area contributed by atoms with Crippen LogP contribution in [0.4, 0.5) is 0 Å². The van der Waals surface area contributed by atoms with Crippen LogP contribution in [0.1, 0.15) is 13.3 Å². The Morgan fingerprint density at radius 3 is 2.07 bits per heavy atom. The number of sulfone groups is 1.